The second kappa shape index (κ2) is 6.78. The molecule has 1 aliphatic rings. The molecule has 0 radical (unpaired) electrons. The predicted molar refractivity (Wildman–Crippen MR) is 91.6 cm³/mol. The Hall–Kier alpha value is -2.12. The minimum Gasteiger partial charge on any atom is -0.459 e. The molecule has 3 rings (SSSR count). The zero-order valence-corrected chi connectivity index (χ0v) is 14.7. The van der Waals surface area contributed by atoms with Crippen molar-refractivity contribution >= 4 is 28.2 Å². The van der Waals surface area contributed by atoms with E-state index in [4.69, 9.17) is 9.15 Å². The molecule has 128 valence electrons. The first-order chi connectivity index (χ1) is 11.4. The Morgan fingerprint density at radius 3 is 2.62 bits per heavy atom. The van der Waals surface area contributed by atoms with E-state index >= 15 is 0 Å². The van der Waals surface area contributed by atoms with E-state index in [1.54, 1.807) is 12.1 Å². The largest absolute Gasteiger partial charge is 0.459 e. The molecule has 0 aliphatic carbocycles. The number of morpholine rings is 1. The van der Waals surface area contributed by atoms with E-state index in [0.29, 0.717) is 23.0 Å². The summed E-state index contributed by atoms with van der Waals surface area (Å²) >= 11 is 1.28. The van der Waals surface area contributed by atoms with Crippen molar-refractivity contribution < 1.29 is 18.7 Å². The van der Waals surface area contributed by atoms with Gasteiger partial charge in [-0.1, -0.05) is 0 Å². The summed E-state index contributed by atoms with van der Waals surface area (Å²) in [6.45, 7) is 6.96. The van der Waals surface area contributed by atoms with Gasteiger partial charge in [-0.2, -0.15) is 0 Å². The number of rotatable bonds is 3. The fraction of sp³-hybridized carbons (Fsp3) is 0.412. The summed E-state index contributed by atoms with van der Waals surface area (Å²) in [6.07, 6.45) is 1.50. The summed E-state index contributed by atoms with van der Waals surface area (Å²) in [6, 6.07) is 5.06. The Bertz CT molecular complexity index is 728. The Morgan fingerprint density at radius 1 is 1.29 bits per heavy atom. The Balaban J connectivity index is 1.74. The Morgan fingerprint density at radius 2 is 2.00 bits per heavy atom. The maximum Gasteiger partial charge on any atom is 0.291 e. The molecule has 1 fully saturated rings. The van der Waals surface area contributed by atoms with Gasteiger partial charge >= 0.3 is 0 Å². The first-order valence-corrected chi connectivity index (χ1v) is 8.65. The molecule has 1 N–H and O–H groups in total. The molecule has 1 aliphatic heterocycles. The molecule has 24 heavy (non-hydrogen) atoms. The van der Waals surface area contributed by atoms with Crippen molar-refractivity contribution in [1.82, 2.24) is 4.90 Å². The zero-order chi connectivity index (χ0) is 17.3. The quantitative estimate of drug-likeness (QED) is 0.925. The minimum absolute atomic E-state index is 0.0157. The van der Waals surface area contributed by atoms with Crippen LogP contribution < -0.4 is 5.32 Å². The van der Waals surface area contributed by atoms with E-state index in [1.807, 2.05) is 31.7 Å². The fourth-order valence-electron chi connectivity index (χ4n) is 2.82. The maximum absolute atomic E-state index is 12.8. The molecule has 2 aromatic heterocycles. The summed E-state index contributed by atoms with van der Waals surface area (Å²) in [5, 5.41) is 3.40. The number of thiophene rings is 1. The van der Waals surface area contributed by atoms with Gasteiger partial charge in [-0.15, -0.1) is 11.3 Å². The average molecular weight is 348 g/mol. The van der Waals surface area contributed by atoms with E-state index in [-0.39, 0.29) is 29.8 Å². The van der Waals surface area contributed by atoms with Crippen LogP contribution in [0, 0.1) is 6.92 Å². The number of nitrogens with one attached hydrogen (secondary N) is 1. The SMILES string of the molecule is Cc1cc(NC(=O)c2ccco2)sc1C(=O)N1CC(C)OC(C)C1. The number of hydrogen-bond donors (Lipinski definition) is 1. The molecule has 2 amide bonds. The molecule has 0 aromatic carbocycles. The van der Waals surface area contributed by atoms with Crippen molar-refractivity contribution in [3.8, 4) is 0 Å². The first-order valence-electron chi connectivity index (χ1n) is 7.84. The lowest BCUT2D eigenvalue weighted by atomic mass is 10.2. The van der Waals surface area contributed by atoms with Crippen molar-refractivity contribution in [2.24, 2.45) is 0 Å². The van der Waals surface area contributed by atoms with Crippen LogP contribution in [-0.2, 0) is 4.74 Å². The molecule has 2 unspecified atom stereocenters. The number of aryl methyl sites for hydroxylation is 1. The van der Waals surface area contributed by atoms with Gasteiger partial charge in [0.1, 0.15) is 0 Å². The molecule has 0 saturated carbocycles. The van der Waals surface area contributed by atoms with Gasteiger partial charge in [-0.25, -0.2) is 0 Å². The van der Waals surface area contributed by atoms with Crippen molar-refractivity contribution in [2.75, 3.05) is 18.4 Å². The van der Waals surface area contributed by atoms with E-state index in [0.717, 1.165) is 5.56 Å². The van der Waals surface area contributed by atoms with Crippen LogP contribution in [0.5, 0.6) is 0 Å². The number of anilines is 1. The smallest absolute Gasteiger partial charge is 0.291 e. The highest BCUT2D eigenvalue weighted by Gasteiger charge is 2.28. The molecule has 1 saturated heterocycles. The lowest BCUT2D eigenvalue weighted by molar-refractivity contribution is -0.0585. The molecule has 2 atom stereocenters. The van der Waals surface area contributed by atoms with Crippen molar-refractivity contribution in [2.45, 2.75) is 33.0 Å². The minimum atomic E-state index is -0.325. The number of carbonyl (C=O) groups excluding carboxylic acids is 2. The number of hydrogen-bond acceptors (Lipinski definition) is 5. The van der Waals surface area contributed by atoms with Gasteiger partial charge in [-0.05, 0) is 44.5 Å². The summed E-state index contributed by atoms with van der Waals surface area (Å²) in [5.74, 6) is -0.100. The third-order valence-electron chi connectivity index (χ3n) is 3.80. The second-order valence-electron chi connectivity index (χ2n) is 6.02. The Kier molecular flexibility index (Phi) is 4.73. The number of nitrogens with zero attached hydrogens (tertiary/aromatic N) is 1. The molecular weight excluding hydrogens is 328 g/mol. The maximum atomic E-state index is 12.8. The van der Waals surface area contributed by atoms with Gasteiger partial charge in [0.15, 0.2) is 5.76 Å². The fourth-order valence-corrected chi connectivity index (χ4v) is 3.86. The highest BCUT2D eigenvalue weighted by atomic mass is 32.1. The van der Waals surface area contributed by atoms with Gasteiger partial charge in [0.2, 0.25) is 0 Å². The van der Waals surface area contributed by atoms with Crippen LogP contribution >= 0.6 is 11.3 Å². The molecule has 0 bridgehead atoms. The summed E-state index contributed by atoms with van der Waals surface area (Å²) in [5.41, 5.74) is 0.853. The summed E-state index contributed by atoms with van der Waals surface area (Å²) < 4.78 is 10.7. The summed E-state index contributed by atoms with van der Waals surface area (Å²) in [4.78, 5) is 27.3. The summed E-state index contributed by atoms with van der Waals surface area (Å²) in [7, 11) is 0. The molecule has 3 heterocycles. The number of carbonyl (C=O) groups is 2. The van der Waals surface area contributed by atoms with Crippen molar-refractivity contribution in [1.29, 1.82) is 0 Å². The van der Waals surface area contributed by atoms with Crippen LogP contribution in [0.2, 0.25) is 0 Å². The van der Waals surface area contributed by atoms with Crippen LogP contribution in [0.3, 0.4) is 0 Å². The molecular formula is C17H20N2O4S. The van der Waals surface area contributed by atoms with E-state index in [2.05, 4.69) is 5.32 Å². The van der Waals surface area contributed by atoms with E-state index in [9.17, 15) is 9.59 Å². The van der Waals surface area contributed by atoms with Crippen molar-refractivity contribution in [3.05, 3.63) is 40.7 Å². The Labute approximate surface area is 144 Å². The van der Waals surface area contributed by atoms with Gasteiger partial charge in [0.05, 0.1) is 28.3 Å². The average Bonchev–Trinajstić information content (AvgIpc) is 3.15. The highest BCUT2D eigenvalue weighted by molar-refractivity contribution is 7.18. The standard InChI is InChI=1S/C17H20N2O4S/c1-10-7-14(18-16(20)13-5-4-6-22-13)24-15(10)17(21)19-8-11(2)23-12(3)9-19/h4-7,11-12H,8-9H2,1-3H3,(H,18,20). The van der Waals surface area contributed by atoms with Crippen molar-refractivity contribution in [3.63, 3.8) is 0 Å². The highest BCUT2D eigenvalue weighted by Crippen LogP contribution is 2.29. The number of amides is 2. The van der Waals surface area contributed by atoms with Crippen LogP contribution in [-0.4, -0.2) is 42.0 Å². The zero-order valence-electron chi connectivity index (χ0n) is 13.9. The predicted octanol–water partition coefficient (Wildman–Crippen LogP) is 3.15. The van der Waals surface area contributed by atoms with Crippen LogP contribution in [0.15, 0.2) is 28.9 Å². The lowest BCUT2D eigenvalue weighted by Gasteiger charge is -2.35. The number of furan rings is 1. The van der Waals surface area contributed by atoms with Crippen LogP contribution in [0.1, 0.15) is 39.6 Å². The van der Waals surface area contributed by atoms with Crippen LogP contribution in [0.4, 0.5) is 5.00 Å². The molecule has 2 aromatic rings. The first kappa shape index (κ1) is 16.7. The number of ether oxygens (including phenoxy) is 1. The lowest BCUT2D eigenvalue weighted by Crippen LogP contribution is -2.48. The molecule has 7 heteroatoms. The second-order valence-corrected chi connectivity index (χ2v) is 7.07. The third-order valence-corrected chi connectivity index (χ3v) is 4.94. The van der Waals surface area contributed by atoms with E-state index in [1.165, 1.54) is 17.6 Å². The molecule has 0 spiro atoms. The normalized spacial score (nSPS) is 20.9. The topological polar surface area (TPSA) is 71.8 Å². The van der Waals surface area contributed by atoms with E-state index < -0.39 is 0 Å². The van der Waals surface area contributed by atoms with Gasteiger partial charge in [-0.3, -0.25) is 9.59 Å². The van der Waals surface area contributed by atoms with Gasteiger partial charge < -0.3 is 19.4 Å². The monoisotopic (exact) mass is 348 g/mol. The van der Waals surface area contributed by atoms with Gasteiger partial charge in [0, 0.05) is 13.1 Å². The third kappa shape index (κ3) is 3.52. The molecule has 6 nitrogen and oxygen atoms in total. The van der Waals surface area contributed by atoms with Crippen LogP contribution in [0.25, 0.3) is 0 Å². The van der Waals surface area contributed by atoms with Gasteiger partial charge in [0.25, 0.3) is 11.8 Å².